The van der Waals surface area contributed by atoms with Crippen LogP contribution in [0.15, 0.2) is 36.7 Å². The molecule has 0 spiro atoms. The SMILES string of the molecule is CC(C)NCC(C(=O)N1CCN(c2c(C(F)(F)F)cnc3[nH]ncc23)CC1)c1ccc(Cl)cc1.Cl.Cl. The summed E-state index contributed by atoms with van der Waals surface area (Å²) in [4.78, 5) is 20.7. The Morgan fingerprint density at radius 1 is 1.11 bits per heavy atom. The average molecular weight is 568 g/mol. The van der Waals surface area contributed by atoms with E-state index in [1.807, 2.05) is 26.0 Å². The lowest BCUT2D eigenvalue weighted by Gasteiger charge is -2.38. The van der Waals surface area contributed by atoms with Gasteiger partial charge in [-0.2, -0.15) is 18.3 Å². The van der Waals surface area contributed by atoms with E-state index in [4.69, 9.17) is 11.6 Å². The molecule has 1 amide bonds. The van der Waals surface area contributed by atoms with Crippen LogP contribution in [-0.4, -0.2) is 64.8 Å². The highest BCUT2D eigenvalue weighted by Gasteiger charge is 2.38. The Labute approximate surface area is 224 Å². The molecule has 1 aromatic carbocycles. The number of piperazine rings is 1. The summed E-state index contributed by atoms with van der Waals surface area (Å²) < 4.78 is 41.2. The van der Waals surface area contributed by atoms with Crippen LogP contribution in [0, 0.1) is 0 Å². The minimum Gasteiger partial charge on any atom is -0.367 e. The van der Waals surface area contributed by atoms with Crippen molar-refractivity contribution in [1.82, 2.24) is 25.4 Å². The lowest BCUT2D eigenvalue weighted by atomic mass is 9.96. The third-order valence-electron chi connectivity index (χ3n) is 5.97. The van der Waals surface area contributed by atoms with E-state index in [1.54, 1.807) is 21.9 Å². The summed E-state index contributed by atoms with van der Waals surface area (Å²) in [6.45, 7) is 5.62. The first-order chi connectivity index (χ1) is 16.1. The number of alkyl halides is 3. The van der Waals surface area contributed by atoms with Gasteiger partial charge in [-0.05, 0) is 17.7 Å². The first-order valence-corrected chi connectivity index (χ1v) is 11.4. The Balaban J connectivity index is 0.00000228. The van der Waals surface area contributed by atoms with Crippen molar-refractivity contribution in [3.05, 3.63) is 52.8 Å². The van der Waals surface area contributed by atoms with E-state index in [-0.39, 0.29) is 55.5 Å². The van der Waals surface area contributed by atoms with Crippen LogP contribution in [0.1, 0.15) is 30.9 Å². The summed E-state index contributed by atoms with van der Waals surface area (Å²) in [6.07, 6.45) is -2.36. The highest BCUT2D eigenvalue weighted by molar-refractivity contribution is 6.30. The number of fused-ring (bicyclic) bond motifs is 1. The van der Waals surface area contributed by atoms with Gasteiger partial charge in [0.2, 0.25) is 5.91 Å². The van der Waals surface area contributed by atoms with Crippen molar-refractivity contribution < 1.29 is 18.0 Å². The first kappa shape index (κ1) is 30.0. The molecule has 1 aliphatic heterocycles. The van der Waals surface area contributed by atoms with Crippen molar-refractivity contribution in [3.63, 3.8) is 0 Å². The molecule has 2 N–H and O–H groups in total. The molecular weight excluding hydrogens is 540 g/mol. The molecule has 0 saturated carbocycles. The van der Waals surface area contributed by atoms with Gasteiger partial charge in [0.1, 0.15) is 0 Å². The molecule has 198 valence electrons. The Kier molecular flexibility index (Phi) is 10.2. The van der Waals surface area contributed by atoms with Gasteiger partial charge in [0.05, 0.1) is 28.8 Å². The lowest BCUT2D eigenvalue weighted by molar-refractivity contribution is -0.137. The Morgan fingerprint density at radius 3 is 2.33 bits per heavy atom. The van der Waals surface area contributed by atoms with E-state index in [1.165, 1.54) is 6.20 Å². The molecule has 4 rings (SSSR count). The van der Waals surface area contributed by atoms with Crippen molar-refractivity contribution in [2.45, 2.75) is 32.0 Å². The van der Waals surface area contributed by atoms with Crippen molar-refractivity contribution in [1.29, 1.82) is 0 Å². The maximum atomic E-state index is 13.7. The van der Waals surface area contributed by atoms with Crippen LogP contribution >= 0.6 is 36.4 Å². The number of nitrogens with one attached hydrogen (secondary N) is 2. The molecule has 2 aromatic heterocycles. The highest BCUT2D eigenvalue weighted by Crippen LogP contribution is 2.40. The number of carbonyl (C=O) groups excluding carboxylic acids is 1. The molecule has 0 aliphatic carbocycles. The number of rotatable bonds is 6. The smallest absolute Gasteiger partial charge is 0.367 e. The summed E-state index contributed by atoms with van der Waals surface area (Å²) in [5.74, 6) is -0.479. The molecule has 1 aliphatic rings. The van der Waals surface area contributed by atoms with Gasteiger partial charge < -0.3 is 15.1 Å². The zero-order valence-corrected chi connectivity index (χ0v) is 22.1. The summed E-state index contributed by atoms with van der Waals surface area (Å²) in [6, 6.07) is 7.38. The third kappa shape index (κ3) is 6.53. The second-order valence-corrected chi connectivity index (χ2v) is 9.07. The fourth-order valence-electron chi connectivity index (χ4n) is 4.20. The second kappa shape index (κ2) is 12.3. The van der Waals surface area contributed by atoms with Gasteiger partial charge in [-0.25, -0.2) is 4.98 Å². The highest BCUT2D eigenvalue weighted by atomic mass is 35.5. The lowest BCUT2D eigenvalue weighted by Crippen LogP contribution is -2.51. The van der Waals surface area contributed by atoms with Gasteiger partial charge in [0, 0.05) is 50.0 Å². The van der Waals surface area contributed by atoms with E-state index in [2.05, 4.69) is 20.5 Å². The van der Waals surface area contributed by atoms with Crippen molar-refractivity contribution in [3.8, 4) is 0 Å². The van der Waals surface area contributed by atoms with Gasteiger partial charge >= 0.3 is 6.18 Å². The van der Waals surface area contributed by atoms with Gasteiger partial charge in [-0.1, -0.05) is 37.6 Å². The van der Waals surface area contributed by atoms with E-state index >= 15 is 0 Å². The van der Waals surface area contributed by atoms with Crippen LogP contribution < -0.4 is 10.2 Å². The summed E-state index contributed by atoms with van der Waals surface area (Å²) in [7, 11) is 0. The molecule has 36 heavy (non-hydrogen) atoms. The van der Waals surface area contributed by atoms with Crippen LogP contribution in [0.4, 0.5) is 18.9 Å². The molecule has 1 atom stereocenters. The average Bonchev–Trinajstić information content (AvgIpc) is 3.28. The van der Waals surface area contributed by atoms with Crippen molar-refractivity contribution in [2.75, 3.05) is 37.6 Å². The predicted molar refractivity (Wildman–Crippen MR) is 140 cm³/mol. The number of H-pyrrole nitrogens is 1. The van der Waals surface area contributed by atoms with Crippen LogP contribution in [-0.2, 0) is 11.0 Å². The number of carbonyl (C=O) groups is 1. The van der Waals surface area contributed by atoms with E-state index in [9.17, 15) is 18.0 Å². The van der Waals surface area contributed by atoms with Crippen LogP contribution in [0.5, 0.6) is 0 Å². The molecule has 0 radical (unpaired) electrons. The number of hydrogen-bond donors (Lipinski definition) is 2. The number of pyridine rings is 1. The number of aromatic amines is 1. The zero-order valence-electron chi connectivity index (χ0n) is 19.7. The van der Waals surface area contributed by atoms with Gasteiger partial charge in [0.15, 0.2) is 5.65 Å². The number of benzene rings is 1. The number of amides is 1. The quantitative estimate of drug-likeness (QED) is 0.443. The maximum Gasteiger partial charge on any atom is 0.419 e. The molecule has 0 bridgehead atoms. The predicted octanol–water partition coefficient (Wildman–Crippen LogP) is 4.90. The normalized spacial score (nSPS) is 15.0. The molecule has 1 unspecified atom stereocenters. The maximum absolute atomic E-state index is 13.7. The fourth-order valence-corrected chi connectivity index (χ4v) is 4.33. The van der Waals surface area contributed by atoms with E-state index < -0.39 is 17.7 Å². The minimum absolute atomic E-state index is 0. The van der Waals surface area contributed by atoms with Crippen LogP contribution in [0.25, 0.3) is 11.0 Å². The number of hydrogen-bond acceptors (Lipinski definition) is 5. The van der Waals surface area contributed by atoms with E-state index in [0.29, 0.717) is 35.7 Å². The number of nitrogens with zero attached hydrogens (tertiary/aromatic N) is 4. The number of anilines is 1. The molecule has 3 heterocycles. The summed E-state index contributed by atoms with van der Waals surface area (Å²) in [5, 5.41) is 10.7. The monoisotopic (exact) mass is 566 g/mol. The standard InChI is InChI=1S/C23H26ClF3N6O.2ClH/c1-14(2)28-11-17(15-3-5-16(24)6-4-15)22(34)33-9-7-32(8-10-33)20-18-12-30-31-21(18)29-13-19(20)23(25,26)27;;/h3-6,12-14,17,28H,7-11H2,1-2H3,(H,29,30,31);2*1H. The van der Waals surface area contributed by atoms with Gasteiger partial charge in [-0.15, -0.1) is 24.8 Å². The summed E-state index contributed by atoms with van der Waals surface area (Å²) >= 11 is 6.02. The molecule has 13 heteroatoms. The molecule has 1 fully saturated rings. The first-order valence-electron chi connectivity index (χ1n) is 11.1. The Bertz CT molecular complexity index is 1150. The largest absolute Gasteiger partial charge is 0.419 e. The molecule has 1 saturated heterocycles. The van der Waals surface area contributed by atoms with Gasteiger partial charge in [0.25, 0.3) is 0 Å². The topological polar surface area (TPSA) is 77.2 Å². The number of halogens is 6. The van der Waals surface area contributed by atoms with Crippen molar-refractivity contribution in [2.24, 2.45) is 0 Å². The van der Waals surface area contributed by atoms with Crippen molar-refractivity contribution >= 4 is 59.0 Å². The Morgan fingerprint density at radius 2 is 1.75 bits per heavy atom. The second-order valence-electron chi connectivity index (χ2n) is 8.63. The fraction of sp³-hybridized carbons (Fsp3) is 0.435. The third-order valence-corrected chi connectivity index (χ3v) is 6.22. The molecule has 7 nitrogen and oxygen atoms in total. The van der Waals surface area contributed by atoms with Gasteiger partial charge in [-0.3, -0.25) is 9.89 Å². The van der Waals surface area contributed by atoms with E-state index in [0.717, 1.165) is 11.8 Å². The minimum atomic E-state index is -4.55. The summed E-state index contributed by atoms with van der Waals surface area (Å²) in [5.41, 5.74) is 0.387. The molecule has 3 aromatic rings. The van der Waals surface area contributed by atoms with Crippen LogP contribution in [0.3, 0.4) is 0 Å². The Hall–Kier alpha value is -2.27. The number of aromatic nitrogens is 3. The zero-order chi connectivity index (χ0) is 24.5. The van der Waals surface area contributed by atoms with Crippen LogP contribution in [0.2, 0.25) is 5.02 Å². The molecular formula is C23H28Cl3F3N6O.